The van der Waals surface area contributed by atoms with Crippen molar-refractivity contribution in [2.45, 2.75) is 30.7 Å². The average molecular weight is 391 g/mol. The van der Waals surface area contributed by atoms with E-state index in [4.69, 9.17) is 13.9 Å². The molecule has 2 aliphatic rings. The van der Waals surface area contributed by atoms with E-state index < -0.39 is 23.9 Å². The Morgan fingerprint density at radius 3 is 2.89 bits per heavy atom. The summed E-state index contributed by atoms with van der Waals surface area (Å²) in [6, 6.07) is 5.07. The number of amides is 1. The Bertz CT molecular complexity index is 797. The summed E-state index contributed by atoms with van der Waals surface area (Å²) in [5.41, 5.74) is 0. The van der Waals surface area contributed by atoms with Crippen molar-refractivity contribution in [2.24, 2.45) is 0 Å². The molecular weight excluding hydrogens is 369 g/mol. The standard InChI is InChI=1S/C19H22FN3O5/c20-12-2-1-3-13(8-12)28-15-9-14(22-19(25)16-10-21-11-27-16)17(18(15)24)23-4-6-26-7-5-23/h1-3,8,10-11,14-15,17-18,24H,4-7,9H2,(H,22,25)/t14-,15-,17+,18+/m1/s1. The summed E-state index contributed by atoms with van der Waals surface area (Å²) in [5, 5.41) is 13.9. The minimum atomic E-state index is -0.860. The van der Waals surface area contributed by atoms with Gasteiger partial charge in [-0.3, -0.25) is 9.69 Å². The topological polar surface area (TPSA) is 97.1 Å². The van der Waals surface area contributed by atoms with Gasteiger partial charge in [0.2, 0.25) is 5.76 Å². The molecule has 150 valence electrons. The molecule has 2 aromatic rings. The first-order chi connectivity index (χ1) is 13.6. The monoisotopic (exact) mass is 391 g/mol. The van der Waals surface area contributed by atoms with E-state index >= 15 is 0 Å². The Morgan fingerprint density at radius 2 is 2.18 bits per heavy atom. The Morgan fingerprint density at radius 1 is 1.36 bits per heavy atom. The van der Waals surface area contributed by atoms with E-state index in [1.165, 1.54) is 24.7 Å². The summed E-state index contributed by atoms with van der Waals surface area (Å²) < 4.78 is 29.8. The van der Waals surface area contributed by atoms with E-state index in [9.17, 15) is 14.3 Å². The molecule has 28 heavy (non-hydrogen) atoms. The second kappa shape index (κ2) is 8.26. The first kappa shape index (κ1) is 18.9. The molecule has 2 heterocycles. The van der Waals surface area contributed by atoms with Gasteiger partial charge in [-0.05, 0) is 12.1 Å². The predicted octanol–water partition coefficient (Wildman–Crippen LogP) is 0.825. The van der Waals surface area contributed by atoms with E-state index in [0.717, 1.165) is 0 Å². The number of oxazole rings is 1. The first-order valence-electron chi connectivity index (χ1n) is 9.23. The molecule has 1 aliphatic carbocycles. The predicted molar refractivity (Wildman–Crippen MR) is 95.4 cm³/mol. The molecule has 4 rings (SSSR count). The highest BCUT2D eigenvalue weighted by molar-refractivity contribution is 5.91. The van der Waals surface area contributed by atoms with Crippen molar-refractivity contribution >= 4 is 5.91 Å². The smallest absolute Gasteiger partial charge is 0.288 e. The fraction of sp³-hybridized carbons (Fsp3) is 0.474. The number of carbonyl (C=O) groups excluding carboxylic acids is 1. The number of aliphatic hydroxyl groups is 1. The average Bonchev–Trinajstić information content (AvgIpc) is 3.32. The fourth-order valence-electron chi connectivity index (χ4n) is 3.88. The lowest BCUT2D eigenvalue weighted by molar-refractivity contribution is -0.0351. The van der Waals surface area contributed by atoms with Crippen LogP contribution in [0.4, 0.5) is 4.39 Å². The Hall–Kier alpha value is -2.49. The van der Waals surface area contributed by atoms with Crippen LogP contribution in [0, 0.1) is 5.82 Å². The number of aromatic nitrogens is 1. The number of halogens is 1. The largest absolute Gasteiger partial charge is 0.487 e. The molecule has 4 atom stereocenters. The first-order valence-corrected chi connectivity index (χ1v) is 9.23. The SMILES string of the molecule is O=C(N[C@@H]1C[C@@H](Oc2cccc(F)c2)[C@H](O)[C@H]1N1CCOCC1)c1cnco1. The molecule has 9 heteroatoms. The zero-order valence-electron chi connectivity index (χ0n) is 15.2. The lowest BCUT2D eigenvalue weighted by atomic mass is 10.1. The van der Waals surface area contributed by atoms with Crippen LogP contribution < -0.4 is 10.1 Å². The van der Waals surface area contributed by atoms with Crippen molar-refractivity contribution in [1.29, 1.82) is 0 Å². The highest BCUT2D eigenvalue weighted by Gasteiger charge is 2.47. The molecular formula is C19H22FN3O5. The normalized spacial score (nSPS) is 28.2. The quantitative estimate of drug-likeness (QED) is 0.779. The number of ether oxygens (including phenoxy) is 2. The molecule has 0 spiro atoms. The third-order valence-electron chi connectivity index (χ3n) is 5.15. The maximum Gasteiger partial charge on any atom is 0.288 e. The van der Waals surface area contributed by atoms with E-state index in [1.54, 1.807) is 12.1 Å². The lowest BCUT2D eigenvalue weighted by Gasteiger charge is -2.37. The fourth-order valence-corrected chi connectivity index (χ4v) is 3.88. The van der Waals surface area contributed by atoms with E-state index in [0.29, 0.717) is 38.5 Å². The van der Waals surface area contributed by atoms with Crippen LogP contribution in [0.5, 0.6) is 5.75 Å². The van der Waals surface area contributed by atoms with Crippen LogP contribution in [-0.2, 0) is 4.74 Å². The summed E-state index contributed by atoms with van der Waals surface area (Å²) in [7, 11) is 0. The molecule has 0 radical (unpaired) electrons. The molecule has 2 fully saturated rings. The lowest BCUT2D eigenvalue weighted by Crippen LogP contribution is -2.56. The van der Waals surface area contributed by atoms with Crippen LogP contribution in [0.25, 0.3) is 0 Å². The molecule has 0 bridgehead atoms. The van der Waals surface area contributed by atoms with Gasteiger partial charge in [-0.1, -0.05) is 6.07 Å². The van der Waals surface area contributed by atoms with E-state index in [-0.39, 0.29) is 17.8 Å². The van der Waals surface area contributed by atoms with Crippen molar-refractivity contribution < 1.29 is 28.2 Å². The molecule has 0 unspecified atom stereocenters. The highest BCUT2D eigenvalue weighted by atomic mass is 19.1. The van der Waals surface area contributed by atoms with Crippen LogP contribution >= 0.6 is 0 Å². The van der Waals surface area contributed by atoms with E-state index in [2.05, 4.69) is 15.2 Å². The van der Waals surface area contributed by atoms with Gasteiger partial charge in [-0.15, -0.1) is 0 Å². The second-order valence-corrected chi connectivity index (χ2v) is 6.92. The molecule has 1 aromatic carbocycles. The van der Waals surface area contributed by atoms with Gasteiger partial charge in [0.1, 0.15) is 23.8 Å². The maximum absolute atomic E-state index is 13.5. The molecule has 1 amide bonds. The van der Waals surface area contributed by atoms with Gasteiger partial charge in [0.15, 0.2) is 6.39 Å². The molecule has 1 aliphatic heterocycles. The van der Waals surface area contributed by atoms with Gasteiger partial charge in [0.25, 0.3) is 5.91 Å². The summed E-state index contributed by atoms with van der Waals surface area (Å²) >= 11 is 0. The molecule has 1 aromatic heterocycles. The number of carbonyl (C=O) groups is 1. The number of nitrogens with one attached hydrogen (secondary N) is 1. The zero-order valence-corrected chi connectivity index (χ0v) is 15.2. The van der Waals surface area contributed by atoms with Crippen LogP contribution in [0.1, 0.15) is 17.0 Å². The van der Waals surface area contributed by atoms with Gasteiger partial charge in [-0.25, -0.2) is 9.37 Å². The van der Waals surface area contributed by atoms with Crippen molar-refractivity contribution in [3.8, 4) is 5.75 Å². The van der Waals surface area contributed by atoms with Crippen LogP contribution in [0.2, 0.25) is 0 Å². The summed E-state index contributed by atoms with van der Waals surface area (Å²) in [4.78, 5) is 18.3. The minimum Gasteiger partial charge on any atom is -0.487 e. The van der Waals surface area contributed by atoms with Gasteiger partial charge < -0.3 is 24.3 Å². The van der Waals surface area contributed by atoms with Crippen LogP contribution in [0.15, 0.2) is 41.3 Å². The van der Waals surface area contributed by atoms with Crippen molar-refractivity contribution in [2.75, 3.05) is 26.3 Å². The number of hydrogen-bond donors (Lipinski definition) is 2. The van der Waals surface area contributed by atoms with Gasteiger partial charge in [0, 0.05) is 25.6 Å². The van der Waals surface area contributed by atoms with Gasteiger partial charge >= 0.3 is 0 Å². The maximum atomic E-state index is 13.5. The molecule has 1 saturated carbocycles. The molecule has 8 nitrogen and oxygen atoms in total. The second-order valence-electron chi connectivity index (χ2n) is 6.92. The van der Waals surface area contributed by atoms with Crippen LogP contribution in [0.3, 0.4) is 0 Å². The number of rotatable bonds is 5. The molecule has 1 saturated heterocycles. The van der Waals surface area contributed by atoms with Gasteiger partial charge in [0.05, 0.1) is 31.5 Å². The Kier molecular flexibility index (Phi) is 5.56. The molecule has 2 N–H and O–H groups in total. The van der Waals surface area contributed by atoms with Crippen molar-refractivity contribution in [1.82, 2.24) is 15.2 Å². The highest BCUT2D eigenvalue weighted by Crippen LogP contribution is 2.30. The zero-order chi connectivity index (χ0) is 19.5. The minimum absolute atomic E-state index is 0.102. The Balaban J connectivity index is 1.52. The van der Waals surface area contributed by atoms with E-state index in [1.807, 2.05) is 0 Å². The number of hydrogen-bond acceptors (Lipinski definition) is 7. The number of benzene rings is 1. The van der Waals surface area contributed by atoms with Crippen molar-refractivity contribution in [3.63, 3.8) is 0 Å². The van der Waals surface area contributed by atoms with Crippen molar-refractivity contribution in [3.05, 3.63) is 48.4 Å². The summed E-state index contributed by atoms with van der Waals surface area (Å²) in [5.74, 6) is -0.374. The number of aliphatic hydroxyl groups excluding tert-OH is 1. The van der Waals surface area contributed by atoms with Crippen LogP contribution in [-0.4, -0.2) is 71.5 Å². The number of morpholine rings is 1. The Labute approximate surface area is 161 Å². The number of nitrogens with zero attached hydrogens (tertiary/aromatic N) is 2. The van der Waals surface area contributed by atoms with Gasteiger partial charge in [-0.2, -0.15) is 0 Å². The summed E-state index contributed by atoms with van der Waals surface area (Å²) in [6.45, 7) is 2.40. The summed E-state index contributed by atoms with van der Waals surface area (Å²) in [6.07, 6.45) is 1.45. The third-order valence-corrected chi connectivity index (χ3v) is 5.15. The third kappa shape index (κ3) is 4.01.